The smallest absolute Gasteiger partial charge is 0.124 e. The molecule has 0 saturated heterocycles. The molecule has 1 N–H and O–H groups in total. The fourth-order valence-electron chi connectivity index (χ4n) is 2.39. The number of benzene rings is 3. The predicted molar refractivity (Wildman–Crippen MR) is 106 cm³/mol. The van der Waals surface area contributed by atoms with Crippen LogP contribution in [0.3, 0.4) is 0 Å². The Bertz CT molecular complexity index is 867. The van der Waals surface area contributed by atoms with E-state index in [9.17, 15) is 0 Å². The summed E-state index contributed by atoms with van der Waals surface area (Å²) in [5.41, 5.74) is 2.74. The van der Waals surface area contributed by atoms with Crippen molar-refractivity contribution in [3.05, 3.63) is 92.9 Å². The van der Waals surface area contributed by atoms with Crippen LogP contribution in [0, 0.1) is 0 Å². The van der Waals surface area contributed by atoms with Crippen molar-refractivity contribution in [2.24, 2.45) is 0 Å². The first-order valence-electron chi connectivity index (χ1n) is 7.76. The molecule has 0 heterocycles. The minimum absolute atomic E-state index is 0.389. The number of ether oxygens (including phenoxy) is 1. The summed E-state index contributed by atoms with van der Waals surface area (Å²) in [5, 5.41) is 5.32. The van der Waals surface area contributed by atoms with Crippen LogP contribution in [0.1, 0.15) is 11.1 Å². The van der Waals surface area contributed by atoms with Gasteiger partial charge in [0, 0.05) is 27.7 Å². The van der Waals surface area contributed by atoms with Crippen LogP contribution in [-0.2, 0) is 13.2 Å². The van der Waals surface area contributed by atoms with E-state index in [4.69, 9.17) is 39.5 Å². The van der Waals surface area contributed by atoms with E-state index in [0.717, 1.165) is 22.6 Å². The van der Waals surface area contributed by atoms with Crippen LogP contribution in [0.2, 0.25) is 15.1 Å². The molecule has 0 aliphatic rings. The molecule has 0 aromatic heterocycles. The molecule has 5 heteroatoms. The Morgan fingerprint density at radius 3 is 2.24 bits per heavy atom. The monoisotopic (exact) mass is 391 g/mol. The zero-order valence-electron chi connectivity index (χ0n) is 13.3. The highest BCUT2D eigenvalue weighted by Gasteiger charge is 2.08. The maximum Gasteiger partial charge on any atom is 0.124 e. The molecule has 3 rings (SSSR count). The van der Waals surface area contributed by atoms with Crippen molar-refractivity contribution in [3.63, 3.8) is 0 Å². The van der Waals surface area contributed by atoms with Crippen molar-refractivity contribution in [1.29, 1.82) is 0 Å². The van der Waals surface area contributed by atoms with E-state index in [2.05, 4.69) is 5.32 Å². The van der Waals surface area contributed by atoms with Gasteiger partial charge < -0.3 is 10.1 Å². The molecule has 0 atom stereocenters. The van der Waals surface area contributed by atoms with Crippen LogP contribution in [0.5, 0.6) is 5.75 Å². The van der Waals surface area contributed by atoms with Gasteiger partial charge in [-0.15, -0.1) is 0 Å². The average molecular weight is 393 g/mol. The van der Waals surface area contributed by atoms with Gasteiger partial charge in [-0.25, -0.2) is 0 Å². The standard InChI is InChI=1S/C20H16Cl3NO/c21-16-9-10-20(25-13-14-5-1-2-6-17(14)22)15(11-16)12-24-19-8-4-3-7-18(19)23/h1-11,24H,12-13H2. The lowest BCUT2D eigenvalue weighted by Crippen LogP contribution is -2.04. The summed E-state index contributed by atoms with van der Waals surface area (Å²) >= 11 is 18.5. The number of rotatable bonds is 6. The van der Waals surface area contributed by atoms with Crippen molar-refractivity contribution in [1.82, 2.24) is 0 Å². The van der Waals surface area contributed by atoms with Crippen LogP contribution in [0.25, 0.3) is 0 Å². The summed E-state index contributed by atoms with van der Waals surface area (Å²) in [5.74, 6) is 0.754. The van der Waals surface area contributed by atoms with Crippen molar-refractivity contribution in [2.75, 3.05) is 5.32 Å². The van der Waals surface area contributed by atoms with Gasteiger partial charge in [-0.1, -0.05) is 65.1 Å². The summed E-state index contributed by atoms with van der Waals surface area (Å²) in [7, 11) is 0. The predicted octanol–water partition coefficient (Wildman–Crippen LogP) is 6.84. The summed E-state index contributed by atoms with van der Waals surface area (Å²) in [6.07, 6.45) is 0. The van der Waals surface area contributed by atoms with Gasteiger partial charge in [-0.2, -0.15) is 0 Å². The Kier molecular flexibility index (Phi) is 6.09. The quantitative estimate of drug-likeness (QED) is 0.496. The molecule has 0 bridgehead atoms. The third kappa shape index (κ3) is 4.82. The zero-order valence-corrected chi connectivity index (χ0v) is 15.6. The molecule has 0 unspecified atom stereocenters. The zero-order chi connectivity index (χ0) is 17.6. The summed E-state index contributed by atoms with van der Waals surface area (Å²) in [6, 6.07) is 20.8. The van der Waals surface area contributed by atoms with Gasteiger partial charge in [0.25, 0.3) is 0 Å². The van der Waals surface area contributed by atoms with Crippen LogP contribution in [0.4, 0.5) is 5.69 Å². The lowest BCUT2D eigenvalue weighted by atomic mass is 10.2. The number of hydrogen-bond donors (Lipinski definition) is 1. The third-order valence-electron chi connectivity index (χ3n) is 3.71. The van der Waals surface area contributed by atoms with E-state index >= 15 is 0 Å². The fraction of sp³-hybridized carbons (Fsp3) is 0.100. The van der Waals surface area contributed by atoms with E-state index in [1.54, 1.807) is 0 Å². The van der Waals surface area contributed by atoms with Crippen LogP contribution in [-0.4, -0.2) is 0 Å². The van der Waals surface area contributed by atoms with Crippen LogP contribution in [0.15, 0.2) is 66.7 Å². The van der Waals surface area contributed by atoms with Crippen molar-refractivity contribution >= 4 is 40.5 Å². The number of para-hydroxylation sites is 1. The largest absolute Gasteiger partial charge is 0.488 e. The molecule has 2 nitrogen and oxygen atoms in total. The van der Waals surface area contributed by atoms with Gasteiger partial charge in [0.1, 0.15) is 12.4 Å². The third-order valence-corrected chi connectivity index (χ3v) is 4.64. The Labute approximate surface area is 162 Å². The molecule has 0 spiro atoms. The molecule has 25 heavy (non-hydrogen) atoms. The average Bonchev–Trinajstić information content (AvgIpc) is 2.61. The van der Waals surface area contributed by atoms with E-state index in [1.807, 2.05) is 66.7 Å². The first-order chi connectivity index (χ1) is 12.1. The van der Waals surface area contributed by atoms with E-state index in [0.29, 0.717) is 28.2 Å². The van der Waals surface area contributed by atoms with Gasteiger partial charge in [0.2, 0.25) is 0 Å². The molecule has 128 valence electrons. The second kappa shape index (κ2) is 8.48. The molecule has 0 saturated carbocycles. The van der Waals surface area contributed by atoms with Gasteiger partial charge in [0.05, 0.1) is 10.7 Å². The Balaban J connectivity index is 1.74. The molecule has 3 aromatic rings. The molecular formula is C20H16Cl3NO. The fourth-order valence-corrected chi connectivity index (χ4v) is 2.98. The van der Waals surface area contributed by atoms with Gasteiger partial charge in [-0.05, 0) is 36.4 Å². The summed E-state index contributed by atoms with van der Waals surface area (Å²) in [6.45, 7) is 0.933. The summed E-state index contributed by atoms with van der Waals surface area (Å²) < 4.78 is 5.96. The van der Waals surface area contributed by atoms with E-state index < -0.39 is 0 Å². The lowest BCUT2D eigenvalue weighted by Gasteiger charge is -2.14. The molecule has 0 amide bonds. The topological polar surface area (TPSA) is 21.3 Å². The molecule has 0 radical (unpaired) electrons. The maximum absolute atomic E-state index is 6.19. The Hall–Kier alpha value is -1.87. The van der Waals surface area contributed by atoms with Crippen LogP contribution >= 0.6 is 34.8 Å². The second-order valence-corrected chi connectivity index (χ2v) is 6.72. The van der Waals surface area contributed by atoms with Crippen molar-refractivity contribution in [3.8, 4) is 5.75 Å². The minimum Gasteiger partial charge on any atom is -0.488 e. The summed E-state index contributed by atoms with van der Waals surface area (Å²) in [4.78, 5) is 0. The second-order valence-electron chi connectivity index (χ2n) is 5.47. The number of anilines is 1. The Morgan fingerprint density at radius 1 is 0.760 bits per heavy atom. The highest BCUT2D eigenvalue weighted by Crippen LogP contribution is 2.27. The van der Waals surface area contributed by atoms with E-state index in [-0.39, 0.29) is 0 Å². The van der Waals surface area contributed by atoms with Gasteiger partial charge in [0.15, 0.2) is 0 Å². The highest BCUT2D eigenvalue weighted by atomic mass is 35.5. The number of hydrogen-bond acceptors (Lipinski definition) is 2. The molecule has 0 fully saturated rings. The highest BCUT2D eigenvalue weighted by molar-refractivity contribution is 6.33. The van der Waals surface area contributed by atoms with Crippen LogP contribution < -0.4 is 10.1 Å². The van der Waals surface area contributed by atoms with E-state index in [1.165, 1.54) is 0 Å². The van der Waals surface area contributed by atoms with Gasteiger partial charge >= 0.3 is 0 Å². The van der Waals surface area contributed by atoms with Gasteiger partial charge in [-0.3, -0.25) is 0 Å². The first kappa shape index (κ1) is 17.9. The molecule has 0 aliphatic heterocycles. The Morgan fingerprint density at radius 2 is 1.48 bits per heavy atom. The number of halogens is 3. The van der Waals surface area contributed by atoms with Crippen molar-refractivity contribution in [2.45, 2.75) is 13.2 Å². The minimum atomic E-state index is 0.389. The number of nitrogens with one attached hydrogen (secondary N) is 1. The lowest BCUT2D eigenvalue weighted by molar-refractivity contribution is 0.303. The first-order valence-corrected chi connectivity index (χ1v) is 8.90. The molecule has 3 aromatic carbocycles. The molecule has 0 aliphatic carbocycles. The SMILES string of the molecule is Clc1ccc(OCc2ccccc2Cl)c(CNc2ccccc2Cl)c1. The molecular weight excluding hydrogens is 377 g/mol. The normalized spacial score (nSPS) is 10.5. The van der Waals surface area contributed by atoms with Crippen molar-refractivity contribution < 1.29 is 4.74 Å². The maximum atomic E-state index is 6.19.